The van der Waals surface area contributed by atoms with Gasteiger partial charge in [0.25, 0.3) is 11.1 Å². The van der Waals surface area contributed by atoms with Crippen LogP contribution in [0.3, 0.4) is 0 Å². The van der Waals surface area contributed by atoms with Gasteiger partial charge in [0.15, 0.2) is 0 Å². The Morgan fingerprint density at radius 1 is 1.18 bits per heavy atom. The zero-order chi connectivity index (χ0) is 20.1. The number of imide groups is 1. The summed E-state index contributed by atoms with van der Waals surface area (Å²) in [7, 11) is 0. The number of nitrogens with two attached hydrogens (primary N) is 1. The number of alkyl halides is 3. The van der Waals surface area contributed by atoms with Crippen molar-refractivity contribution in [1.29, 1.82) is 0 Å². The number of nitrogens with one attached hydrogen (secondary N) is 1. The van der Waals surface area contributed by atoms with Crippen molar-refractivity contribution >= 4 is 45.6 Å². The molecule has 28 heavy (non-hydrogen) atoms. The maximum absolute atomic E-state index is 13.2. The topological polar surface area (TPSA) is 98.2 Å². The lowest BCUT2D eigenvalue weighted by Gasteiger charge is -2.12. The summed E-state index contributed by atoms with van der Waals surface area (Å²) in [5, 5.41) is 2.17. The maximum atomic E-state index is 13.2. The minimum Gasteiger partial charge on any atom is -0.456 e. The van der Waals surface area contributed by atoms with E-state index >= 15 is 0 Å². The lowest BCUT2D eigenvalue weighted by atomic mass is 10.0. The molecule has 0 unspecified atom stereocenters. The standard InChI is InChI=1S/C18H10F3N3O3S/c19-18(20,21)12-4-8(1-2-13(12)22)11-7-23-6-9-3-10(27-15(9)11)5-14-16(25)24-17(26)28-14/h1-7H,22H2,(H,24,25,26)/b14-5-. The first-order chi connectivity index (χ1) is 13.2. The van der Waals surface area contributed by atoms with Crippen LogP contribution in [0.25, 0.3) is 28.2 Å². The Morgan fingerprint density at radius 2 is 1.96 bits per heavy atom. The fraction of sp³-hybridized carbons (Fsp3) is 0.0556. The zero-order valence-corrected chi connectivity index (χ0v) is 14.6. The highest BCUT2D eigenvalue weighted by atomic mass is 32.2. The molecule has 0 saturated carbocycles. The van der Waals surface area contributed by atoms with Gasteiger partial charge in [0.05, 0.1) is 10.5 Å². The molecule has 10 heteroatoms. The smallest absolute Gasteiger partial charge is 0.418 e. The Labute approximate surface area is 159 Å². The molecule has 1 aliphatic rings. The van der Waals surface area contributed by atoms with E-state index in [9.17, 15) is 22.8 Å². The summed E-state index contributed by atoms with van der Waals surface area (Å²) in [5.41, 5.74) is 4.99. The van der Waals surface area contributed by atoms with E-state index in [1.807, 2.05) is 0 Å². The first-order valence-corrected chi connectivity index (χ1v) is 8.63. The number of nitrogen functional groups attached to an aromatic ring is 1. The van der Waals surface area contributed by atoms with Crippen LogP contribution < -0.4 is 11.1 Å². The van der Waals surface area contributed by atoms with Crippen molar-refractivity contribution in [3.8, 4) is 11.1 Å². The minimum atomic E-state index is -4.60. The van der Waals surface area contributed by atoms with Gasteiger partial charge < -0.3 is 10.2 Å². The van der Waals surface area contributed by atoms with Gasteiger partial charge in [-0.05, 0) is 35.5 Å². The second-order valence-electron chi connectivity index (χ2n) is 5.91. The number of halogens is 3. The highest BCUT2D eigenvalue weighted by Gasteiger charge is 2.33. The fourth-order valence-electron chi connectivity index (χ4n) is 2.78. The van der Waals surface area contributed by atoms with E-state index in [1.165, 1.54) is 30.6 Å². The molecule has 1 saturated heterocycles. The van der Waals surface area contributed by atoms with Gasteiger partial charge in [0, 0.05) is 35.1 Å². The zero-order valence-electron chi connectivity index (χ0n) is 13.8. The van der Waals surface area contributed by atoms with Gasteiger partial charge in [-0.3, -0.25) is 19.9 Å². The molecule has 142 valence electrons. The summed E-state index contributed by atoms with van der Waals surface area (Å²) in [6.07, 6.45) is -0.340. The number of nitrogens with zero attached hydrogens (tertiary/aromatic N) is 1. The molecule has 0 spiro atoms. The molecular formula is C18H10F3N3O3S. The monoisotopic (exact) mass is 405 g/mol. The number of amides is 2. The quantitative estimate of drug-likeness (QED) is 0.484. The van der Waals surface area contributed by atoms with Gasteiger partial charge in [-0.2, -0.15) is 13.2 Å². The summed E-state index contributed by atoms with van der Waals surface area (Å²) in [6, 6.07) is 5.14. The number of aromatic nitrogens is 1. The molecule has 1 aromatic carbocycles. The van der Waals surface area contributed by atoms with Crippen LogP contribution in [0.2, 0.25) is 0 Å². The third kappa shape index (κ3) is 3.22. The van der Waals surface area contributed by atoms with Crippen LogP contribution in [0.5, 0.6) is 0 Å². The number of rotatable bonds is 2. The molecule has 0 bridgehead atoms. The van der Waals surface area contributed by atoms with E-state index in [-0.39, 0.29) is 21.9 Å². The summed E-state index contributed by atoms with van der Waals surface area (Å²) >= 11 is 0.732. The molecule has 0 aliphatic carbocycles. The van der Waals surface area contributed by atoms with Gasteiger partial charge >= 0.3 is 6.18 Å². The number of hydrogen-bond donors (Lipinski definition) is 2. The molecule has 2 amide bonds. The number of furan rings is 1. The third-order valence-electron chi connectivity index (χ3n) is 4.03. The van der Waals surface area contributed by atoms with E-state index in [0.717, 1.165) is 17.8 Å². The number of carbonyl (C=O) groups excluding carboxylic acids is 2. The van der Waals surface area contributed by atoms with E-state index < -0.39 is 22.9 Å². The Hall–Kier alpha value is -3.27. The van der Waals surface area contributed by atoms with Crippen LogP contribution in [0.4, 0.5) is 23.7 Å². The van der Waals surface area contributed by atoms with E-state index in [1.54, 1.807) is 6.07 Å². The second kappa shape index (κ2) is 6.41. The largest absolute Gasteiger partial charge is 0.456 e. The van der Waals surface area contributed by atoms with Crippen molar-refractivity contribution in [3.05, 3.63) is 52.9 Å². The average Bonchev–Trinajstić information content (AvgIpc) is 3.16. The molecule has 1 aliphatic heterocycles. The van der Waals surface area contributed by atoms with E-state index in [2.05, 4.69) is 10.3 Å². The van der Waals surface area contributed by atoms with Gasteiger partial charge in [-0.25, -0.2) is 0 Å². The summed E-state index contributed by atoms with van der Waals surface area (Å²) in [5.74, 6) is -0.273. The van der Waals surface area contributed by atoms with Crippen molar-refractivity contribution in [2.24, 2.45) is 0 Å². The Balaban J connectivity index is 1.82. The maximum Gasteiger partial charge on any atom is 0.418 e. The molecule has 2 aromatic heterocycles. The van der Waals surface area contributed by atoms with Crippen molar-refractivity contribution in [3.63, 3.8) is 0 Å². The first kappa shape index (κ1) is 18.1. The molecule has 0 atom stereocenters. The van der Waals surface area contributed by atoms with Gasteiger partial charge in [0.2, 0.25) is 0 Å². The molecular weight excluding hydrogens is 395 g/mol. The second-order valence-corrected chi connectivity index (χ2v) is 6.92. The molecule has 1 fully saturated rings. The molecule has 4 rings (SSSR count). The number of fused-ring (bicyclic) bond motifs is 1. The van der Waals surface area contributed by atoms with Gasteiger partial charge in [-0.1, -0.05) is 6.07 Å². The minimum absolute atomic E-state index is 0.158. The molecule has 3 aromatic rings. The third-order valence-corrected chi connectivity index (χ3v) is 4.84. The van der Waals surface area contributed by atoms with Crippen LogP contribution in [0.1, 0.15) is 11.3 Å². The SMILES string of the molecule is Nc1ccc(-c2cncc3cc(/C=C4\SC(=O)NC4=O)oc23)cc1C(F)(F)F. The predicted octanol–water partition coefficient (Wildman–Crippen LogP) is 4.42. The molecule has 0 radical (unpaired) electrons. The van der Waals surface area contributed by atoms with Crippen molar-refractivity contribution in [2.75, 3.05) is 5.73 Å². The number of anilines is 1. The van der Waals surface area contributed by atoms with Gasteiger partial charge in [0.1, 0.15) is 11.3 Å². The number of pyridine rings is 1. The molecule has 6 nitrogen and oxygen atoms in total. The van der Waals surface area contributed by atoms with Crippen molar-refractivity contribution < 1.29 is 27.2 Å². The lowest BCUT2D eigenvalue weighted by molar-refractivity contribution is -0.136. The highest BCUT2D eigenvalue weighted by Crippen LogP contribution is 2.38. The number of thioether (sulfide) groups is 1. The Bertz CT molecular complexity index is 1170. The lowest BCUT2D eigenvalue weighted by Crippen LogP contribution is -2.17. The summed E-state index contributed by atoms with van der Waals surface area (Å²) < 4.78 is 45.2. The normalized spacial score (nSPS) is 16.2. The van der Waals surface area contributed by atoms with Crippen LogP contribution in [0, 0.1) is 0 Å². The number of benzene rings is 1. The average molecular weight is 405 g/mol. The molecule has 3 N–H and O–H groups in total. The molecule has 3 heterocycles. The fourth-order valence-corrected chi connectivity index (χ4v) is 3.44. The first-order valence-electron chi connectivity index (χ1n) is 7.82. The predicted molar refractivity (Wildman–Crippen MR) is 98.0 cm³/mol. The van der Waals surface area contributed by atoms with Crippen LogP contribution in [0.15, 0.2) is 46.0 Å². The van der Waals surface area contributed by atoms with Gasteiger partial charge in [-0.15, -0.1) is 0 Å². The number of hydrogen-bond acceptors (Lipinski definition) is 6. The summed E-state index contributed by atoms with van der Waals surface area (Å²) in [6.45, 7) is 0. The highest BCUT2D eigenvalue weighted by molar-refractivity contribution is 8.18. The van der Waals surface area contributed by atoms with Crippen LogP contribution in [-0.2, 0) is 11.0 Å². The Morgan fingerprint density at radius 3 is 2.64 bits per heavy atom. The number of carbonyl (C=O) groups is 2. The van der Waals surface area contributed by atoms with Crippen LogP contribution >= 0.6 is 11.8 Å². The summed E-state index contributed by atoms with van der Waals surface area (Å²) in [4.78, 5) is 27.1. The van der Waals surface area contributed by atoms with E-state index in [4.69, 9.17) is 10.2 Å². The van der Waals surface area contributed by atoms with E-state index in [0.29, 0.717) is 16.5 Å². The Kier molecular flexibility index (Phi) is 4.15. The van der Waals surface area contributed by atoms with Crippen molar-refractivity contribution in [2.45, 2.75) is 6.18 Å². The van der Waals surface area contributed by atoms with Crippen molar-refractivity contribution in [1.82, 2.24) is 10.3 Å². The van der Waals surface area contributed by atoms with Crippen LogP contribution in [-0.4, -0.2) is 16.1 Å².